The molecule has 16 heavy (non-hydrogen) atoms. The average molecular weight is 229 g/mol. The molecule has 3 heteroatoms. The Morgan fingerprint density at radius 1 is 1.25 bits per heavy atom. The highest BCUT2D eigenvalue weighted by molar-refractivity contribution is 4.86. The van der Waals surface area contributed by atoms with Crippen molar-refractivity contribution in [2.75, 3.05) is 13.7 Å². The molecule has 1 saturated carbocycles. The summed E-state index contributed by atoms with van der Waals surface area (Å²) in [7, 11) is 1.69. The summed E-state index contributed by atoms with van der Waals surface area (Å²) in [6, 6.07) is 0.608. The molecule has 1 aliphatic carbocycles. The van der Waals surface area contributed by atoms with Gasteiger partial charge in [-0.3, -0.25) is 0 Å². The maximum Gasteiger partial charge on any atom is 0.0770 e. The van der Waals surface area contributed by atoms with Gasteiger partial charge in [-0.15, -0.1) is 0 Å². The zero-order valence-electron chi connectivity index (χ0n) is 11.2. The summed E-state index contributed by atoms with van der Waals surface area (Å²) in [6.45, 7) is 6.56. The first-order valence-electron chi connectivity index (χ1n) is 6.36. The molecule has 0 aromatic rings. The van der Waals surface area contributed by atoms with E-state index in [1.807, 2.05) is 20.8 Å². The first kappa shape index (κ1) is 13.9. The number of methoxy groups -OCH3 is 1. The minimum absolute atomic E-state index is 0.263. The van der Waals surface area contributed by atoms with Crippen LogP contribution in [-0.4, -0.2) is 36.0 Å². The Kier molecular flexibility index (Phi) is 4.77. The Balaban J connectivity index is 2.32. The SMILES string of the molecule is COC(C)(C)CC(C)(O)CNC1CCCC1. The van der Waals surface area contributed by atoms with E-state index in [9.17, 15) is 5.11 Å². The monoisotopic (exact) mass is 229 g/mol. The van der Waals surface area contributed by atoms with Crippen molar-refractivity contribution in [3.8, 4) is 0 Å². The zero-order chi connectivity index (χ0) is 12.2. The second-order valence-corrected chi connectivity index (χ2v) is 6.00. The summed E-state index contributed by atoms with van der Waals surface area (Å²) in [5, 5.41) is 13.8. The van der Waals surface area contributed by atoms with E-state index in [0.717, 1.165) is 0 Å². The smallest absolute Gasteiger partial charge is 0.0770 e. The van der Waals surface area contributed by atoms with Crippen LogP contribution in [0.5, 0.6) is 0 Å². The van der Waals surface area contributed by atoms with E-state index in [4.69, 9.17) is 4.74 Å². The molecule has 0 radical (unpaired) electrons. The lowest BCUT2D eigenvalue weighted by Crippen LogP contribution is -2.46. The molecule has 2 N–H and O–H groups in total. The highest BCUT2D eigenvalue weighted by Gasteiger charge is 2.31. The molecule has 0 aliphatic heterocycles. The van der Waals surface area contributed by atoms with Gasteiger partial charge in [0.25, 0.3) is 0 Å². The van der Waals surface area contributed by atoms with Crippen LogP contribution in [0.1, 0.15) is 52.9 Å². The predicted octanol–water partition coefficient (Wildman–Crippen LogP) is 2.08. The van der Waals surface area contributed by atoms with Crippen molar-refractivity contribution in [1.82, 2.24) is 5.32 Å². The number of hydrogen-bond acceptors (Lipinski definition) is 3. The van der Waals surface area contributed by atoms with E-state index < -0.39 is 5.60 Å². The minimum Gasteiger partial charge on any atom is -0.389 e. The van der Waals surface area contributed by atoms with Crippen LogP contribution in [-0.2, 0) is 4.74 Å². The summed E-state index contributed by atoms with van der Waals surface area (Å²) in [5.41, 5.74) is -0.955. The third-order valence-electron chi connectivity index (χ3n) is 3.49. The lowest BCUT2D eigenvalue weighted by molar-refractivity contribution is -0.0583. The molecule has 96 valence electrons. The van der Waals surface area contributed by atoms with E-state index in [0.29, 0.717) is 19.0 Å². The minimum atomic E-state index is -0.692. The van der Waals surface area contributed by atoms with Crippen LogP contribution in [0, 0.1) is 0 Å². The number of rotatable bonds is 6. The summed E-state index contributed by atoms with van der Waals surface area (Å²) in [5.74, 6) is 0. The Bertz CT molecular complexity index is 208. The van der Waals surface area contributed by atoms with Gasteiger partial charge in [0.15, 0.2) is 0 Å². The Morgan fingerprint density at radius 2 is 1.81 bits per heavy atom. The summed E-state index contributed by atoms with van der Waals surface area (Å²) in [6.07, 6.45) is 5.80. The standard InChI is InChI=1S/C13H27NO2/c1-12(2,16-4)9-13(3,15)10-14-11-7-5-6-8-11/h11,14-15H,5-10H2,1-4H3. The Morgan fingerprint density at radius 3 is 2.31 bits per heavy atom. The fourth-order valence-corrected chi connectivity index (χ4v) is 2.55. The quantitative estimate of drug-likeness (QED) is 0.733. The third kappa shape index (κ3) is 4.81. The van der Waals surface area contributed by atoms with Crippen molar-refractivity contribution in [3.63, 3.8) is 0 Å². The molecule has 1 unspecified atom stereocenters. The van der Waals surface area contributed by atoms with E-state index in [1.165, 1.54) is 25.7 Å². The van der Waals surface area contributed by atoms with Crippen LogP contribution >= 0.6 is 0 Å². The van der Waals surface area contributed by atoms with Gasteiger partial charge in [-0.25, -0.2) is 0 Å². The topological polar surface area (TPSA) is 41.5 Å². The molecule has 3 nitrogen and oxygen atoms in total. The predicted molar refractivity (Wildman–Crippen MR) is 66.6 cm³/mol. The van der Waals surface area contributed by atoms with Crippen LogP contribution < -0.4 is 5.32 Å². The van der Waals surface area contributed by atoms with E-state index >= 15 is 0 Å². The highest BCUT2D eigenvalue weighted by atomic mass is 16.5. The maximum absolute atomic E-state index is 10.3. The van der Waals surface area contributed by atoms with Gasteiger partial charge in [0.2, 0.25) is 0 Å². The molecular weight excluding hydrogens is 202 g/mol. The van der Waals surface area contributed by atoms with E-state index in [1.54, 1.807) is 7.11 Å². The largest absolute Gasteiger partial charge is 0.389 e. The maximum atomic E-state index is 10.3. The normalized spacial score (nSPS) is 22.3. The average Bonchev–Trinajstić information content (AvgIpc) is 2.66. The fourth-order valence-electron chi connectivity index (χ4n) is 2.55. The molecule has 0 aromatic heterocycles. The van der Waals surface area contributed by atoms with Crippen LogP contribution in [0.4, 0.5) is 0 Å². The fraction of sp³-hybridized carbons (Fsp3) is 1.00. The summed E-state index contributed by atoms with van der Waals surface area (Å²) >= 11 is 0. The lowest BCUT2D eigenvalue weighted by Gasteiger charge is -2.33. The second kappa shape index (κ2) is 5.48. The Hall–Kier alpha value is -0.120. The van der Waals surface area contributed by atoms with Crippen molar-refractivity contribution in [3.05, 3.63) is 0 Å². The van der Waals surface area contributed by atoms with Crippen LogP contribution in [0.15, 0.2) is 0 Å². The number of hydrogen-bond donors (Lipinski definition) is 2. The molecule has 1 rings (SSSR count). The number of aliphatic hydroxyl groups is 1. The third-order valence-corrected chi connectivity index (χ3v) is 3.49. The van der Waals surface area contributed by atoms with Gasteiger partial charge in [0, 0.05) is 26.1 Å². The molecule has 0 amide bonds. The first-order chi connectivity index (χ1) is 7.35. The van der Waals surface area contributed by atoms with Gasteiger partial charge in [-0.05, 0) is 33.6 Å². The van der Waals surface area contributed by atoms with Crippen molar-refractivity contribution < 1.29 is 9.84 Å². The van der Waals surface area contributed by atoms with Crippen molar-refractivity contribution in [2.45, 2.75) is 70.1 Å². The van der Waals surface area contributed by atoms with Crippen molar-refractivity contribution in [1.29, 1.82) is 0 Å². The molecule has 0 bridgehead atoms. The van der Waals surface area contributed by atoms with Gasteiger partial charge in [0.1, 0.15) is 0 Å². The summed E-state index contributed by atoms with van der Waals surface area (Å²) < 4.78 is 5.36. The molecule has 0 saturated heterocycles. The first-order valence-corrected chi connectivity index (χ1v) is 6.36. The van der Waals surface area contributed by atoms with Crippen molar-refractivity contribution in [2.24, 2.45) is 0 Å². The molecule has 1 atom stereocenters. The second-order valence-electron chi connectivity index (χ2n) is 6.00. The van der Waals surface area contributed by atoms with Gasteiger partial charge >= 0.3 is 0 Å². The molecule has 1 aliphatic rings. The zero-order valence-corrected chi connectivity index (χ0v) is 11.2. The molecule has 1 fully saturated rings. The van der Waals surface area contributed by atoms with Gasteiger partial charge < -0.3 is 15.2 Å². The molecule has 0 aromatic carbocycles. The molecule has 0 heterocycles. The summed E-state index contributed by atoms with van der Waals surface area (Å²) in [4.78, 5) is 0. The Labute approximate surface area is 99.6 Å². The van der Waals surface area contributed by atoms with Crippen LogP contribution in [0.2, 0.25) is 0 Å². The number of ether oxygens (including phenoxy) is 1. The van der Waals surface area contributed by atoms with Crippen LogP contribution in [0.25, 0.3) is 0 Å². The van der Waals surface area contributed by atoms with E-state index in [-0.39, 0.29) is 5.60 Å². The highest BCUT2D eigenvalue weighted by Crippen LogP contribution is 2.24. The molecule has 0 spiro atoms. The lowest BCUT2D eigenvalue weighted by atomic mass is 9.90. The number of nitrogens with one attached hydrogen (secondary N) is 1. The van der Waals surface area contributed by atoms with E-state index in [2.05, 4.69) is 5.32 Å². The molecular formula is C13H27NO2. The van der Waals surface area contributed by atoms with Gasteiger partial charge in [0.05, 0.1) is 11.2 Å². The van der Waals surface area contributed by atoms with Crippen LogP contribution in [0.3, 0.4) is 0 Å². The van der Waals surface area contributed by atoms with Gasteiger partial charge in [-0.1, -0.05) is 12.8 Å². The van der Waals surface area contributed by atoms with Gasteiger partial charge in [-0.2, -0.15) is 0 Å². The van der Waals surface area contributed by atoms with Crippen molar-refractivity contribution >= 4 is 0 Å².